The van der Waals surface area contributed by atoms with E-state index in [9.17, 15) is 13.2 Å². The molecular formula is C9H19N3O3S. The largest absolute Gasteiger partial charge is 0.355 e. The molecule has 0 aliphatic heterocycles. The Labute approximate surface area is 96.0 Å². The molecule has 0 aromatic heterocycles. The Morgan fingerprint density at radius 3 is 2.62 bits per heavy atom. The van der Waals surface area contributed by atoms with Gasteiger partial charge in [-0.3, -0.25) is 4.79 Å². The van der Waals surface area contributed by atoms with Crippen LogP contribution in [0.15, 0.2) is 0 Å². The fourth-order valence-electron chi connectivity index (χ4n) is 1.40. The molecule has 0 heterocycles. The molecule has 1 fully saturated rings. The fraction of sp³-hybridized carbons (Fsp3) is 0.889. The standard InChI is InChI=1S/C9H19N3O3S/c1-11-16(14,15)5-4-12-9(13)6-8(10)7-2-3-7/h7-8,11H,2-6,10H2,1H3,(H,12,13). The second-order valence-corrected chi connectivity index (χ2v) is 6.12. The first-order valence-electron chi connectivity index (χ1n) is 5.38. The van der Waals surface area contributed by atoms with Gasteiger partial charge >= 0.3 is 0 Å². The molecule has 6 nitrogen and oxygen atoms in total. The van der Waals surface area contributed by atoms with Crippen molar-refractivity contribution in [2.45, 2.75) is 25.3 Å². The van der Waals surface area contributed by atoms with Gasteiger partial charge < -0.3 is 11.1 Å². The van der Waals surface area contributed by atoms with Crippen molar-refractivity contribution in [3.8, 4) is 0 Å². The van der Waals surface area contributed by atoms with Gasteiger partial charge in [0, 0.05) is 19.0 Å². The van der Waals surface area contributed by atoms with Crippen molar-refractivity contribution in [3.05, 3.63) is 0 Å². The molecule has 16 heavy (non-hydrogen) atoms. The number of hydrogen-bond donors (Lipinski definition) is 3. The molecule has 0 aromatic carbocycles. The molecule has 1 rings (SSSR count). The number of carbonyl (C=O) groups is 1. The predicted octanol–water partition coefficient (Wildman–Crippen LogP) is -1.22. The molecule has 0 spiro atoms. The Morgan fingerprint density at radius 2 is 2.12 bits per heavy atom. The minimum atomic E-state index is -3.24. The van der Waals surface area contributed by atoms with Gasteiger partial charge in [0.15, 0.2) is 0 Å². The van der Waals surface area contributed by atoms with E-state index in [-0.39, 0.29) is 30.7 Å². The lowest BCUT2D eigenvalue weighted by atomic mass is 10.1. The average molecular weight is 249 g/mol. The number of nitrogens with one attached hydrogen (secondary N) is 2. The van der Waals surface area contributed by atoms with E-state index in [1.54, 1.807) is 0 Å². The molecular weight excluding hydrogens is 230 g/mol. The van der Waals surface area contributed by atoms with Crippen molar-refractivity contribution in [3.63, 3.8) is 0 Å². The Hall–Kier alpha value is -0.660. The first-order valence-corrected chi connectivity index (χ1v) is 7.03. The highest BCUT2D eigenvalue weighted by Gasteiger charge is 2.29. The van der Waals surface area contributed by atoms with Gasteiger partial charge in [-0.2, -0.15) is 0 Å². The average Bonchev–Trinajstić information content (AvgIpc) is 3.00. The zero-order valence-electron chi connectivity index (χ0n) is 9.40. The van der Waals surface area contributed by atoms with Crippen molar-refractivity contribution in [1.82, 2.24) is 10.0 Å². The lowest BCUT2D eigenvalue weighted by Crippen LogP contribution is -2.36. The molecule has 94 valence electrons. The second kappa shape index (κ2) is 5.60. The van der Waals surface area contributed by atoms with Crippen LogP contribution in [0.5, 0.6) is 0 Å². The Morgan fingerprint density at radius 1 is 1.50 bits per heavy atom. The van der Waals surface area contributed by atoms with Gasteiger partial charge in [-0.15, -0.1) is 0 Å². The molecule has 0 aromatic rings. The summed E-state index contributed by atoms with van der Waals surface area (Å²) in [5.74, 6) is 0.200. The maximum atomic E-state index is 11.4. The number of hydrogen-bond acceptors (Lipinski definition) is 4. The van der Waals surface area contributed by atoms with Crippen LogP contribution in [-0.2, 0) is 14.8 Å². The van der Waals surface area contributed by atoms with Crippen LogP contribution in [0, 0.1) is 5.92 Å². The number of nitrogens with two attached hydrogens (primary N) is 1. The van der Waals surface area contributed by atoms with Gasteiger partial charge in [0.05, 0.1) is 5.75 Å². The molecule has 1 atom stereocenters. The van der Waals surface area contributed by atoms with Crippen molar-refractivity contribution >= 4 is 15.9 Å². The van der Waals surface area contributed by atoms with E-state index in [4.69, 9.17) is 5.73 Å². The normalized spacial score (nSPS) is 18.1. The molecule has 1 amide bonds. The van der Waals surface area contributed by atoms with E-state index in [1.807, 2.05) is 0 Å². The fourth-order valence-corrected chi connectivity index (χ4v) is 1.98. The first kappa shape index (κ1) is 13.4. The van der Waals surface area contributed by atoms with Gasteiger partial charge in [-0.25, -0.2) is 13.1 Å². The summed E-state index contributed by atoms with van der Waals surface area (Å²) in [5, 5.41) is 2.55. The summed E-state index contributed by atoms with van der Waals surface area (Å²) in [6.07, 6.45) is 2.48. The van der Waals surface area contributed by atoms with Crippen molar-refractivity contribution in [2.24, 2.45) is 11.7 Å². The molecule has 0 bridgehead atoms. The zero-order valence-corrected chi connectivity index (χ0v) is 10.2. The maximum absolute atomic E-state index is 11.4. The van der Waals surface area contributed by atoms with Crippen molar-refractivity contribution < 1.29 is 13.2 Å². The maximum Gasteiger partial charge on any atom is 0.221 e. The quantitative estimate of drug-likeness (QED) is 0.526. The Balaban J connectivity index is 2.15. The summed E-state index contributed by atoms with van der Waals surface area (Å²) in [6, 6.07) is -0.0825. The van der Waals surface area contributed by atoms with Gasteiger partial charge in [-0.05, 0) is 25.8 Å². The number of carbonyl (C=O) groups excluding carboxylic acids is 1. The number of amides is 1. The van der Waals surface area contributed by atoms with Crippen LogP contribution in [0.3, 0.4) is 0 Å². The molecule has 1 unspecified atom stereocenters. The molecule has 1 aliphatic rings. The Bertz CT molecular complexity index is 338. The van der Waals surface area contributed by atoms with Crippen LogP contribution in [0.2, 0.25) is 0 Å². The molecule has 1 saturated carbocycles. The monoisotopic (exact) mass is 249 g/mol. The third-order valence-electron chi connectivity index (χ3n) is 2.65. The van der Waals surface area contributed by atoms with E-state index in [1.165, 1.54) is 7.05 Å². The molecule has 0 saturated heterocycles. The van der Waals surface area contributed by atoms with Crippen LogP contribution in [0.4, 0.5) is 0 Å². The number of sulfonamides is 1. The van der Waals surface area contributed by atoms with E-state index in [0.717, 1.165) is 12.8 Å². The third-order valence-corrected chi connectivity index (χ3v) is 4.02. The van der Waals surface area contributed by atoms with Gasteiger partial charge in [-0.1, -0.05) is 0 Å². The van der Waals surface area contributed by atoms with Crippen LogP contribution in [0.25, 0.3) is 0 Å². The SMILES string of the molecule is CNS(=O)(=O)CCNC(=O)CC(N)C1CC1. The smallest absolute Gasteiger partial charge is 0.221 e. The lowest BCUT2D eigenvalue weighted by molar-refractivity contribution is -0.121. The highest BCUT2D eigenvalue weighted by atomic mass is 32.2. The summed E-state index contributed by atoms with van der Waals surface area (Å²) in [6.45, 7) is 0.124. The summed E-state index contributed by atoms with van der Waals surface area (Å²) < 4.78 is 24.2. The third kappa shape index (κ3) is 4.91. The minimum absolute atomic E-state index is 0.0825. The van der Waals surface area contributed by atoms with Crippen LogP contribution >= 0.6 is 0 Å². The van der Waals surface area contributed by atoms with E-state index in [2.05, 4.69) is 10.0 Å². The van der Waals surface area contributed by atoms with Gasteiger partial charge in [0.25, 0.3) is 0 Å². The summed E-state index contributed by atoms with van der Waals surface area (Å²) in [5.41, 5.74) is 5.77. The lowest BCUT2D eigenvalue weighted by Gasteiger charge is -2.10. The molecule has 0 radical (unpaired) electrons. The second-order valence-electron chi connectivity index (χ2n) is 4.08. The van der Waals surface area contributed by atoms with E-state index < -0.39 is 10.0 Å². The molecule has 7 heteroatoms. The first-order chi connectivity index (χ1) is 7.44. The minimum Gasteiger partial charge on any atom is -0.355 e. The highest BCUT2D eigenvalue weighted by Crippen LogP contribution is 2.32. The van der Waals surface area contributed by atoms with E-state index in [0.29, 0.717) is 5.92 Å². The van der Waals surface area contributed by atoms with Crippen molar-refractivity contribution in [2.75, 3.05) is 19.3 Å². The summed E-state index contributed by atoms with van der Waals surface area (Å²) in [7, 11) is -1.90. The van der Waals surface area contributed by atoms with Gasteiger partial charge in [0.2, 0.25) is 15.9 Å². The molecule has 4 N–H and O–H groups in total. The zero-order chi connectivity index (χ0) is 12.2. The summed E-state index contributed by atoms with van der Waals surface area (Å²) in [4.78, 5) is 11.4. The van der Waals surface area contributed by atoms with Crippen LogP contribution < -0.4 is 15.8 Å². The Kier molecular flexibility index (Phi) is 4.69. The molecule has 1 aliphatic carbocycles. The van der Waals surface area contributed by atoms with Gasteiger partial charge in [0.1, 0.15) is 0 Å². The van der Waals surface area contributed by atoms with Crippen LogP contribution in [0.1, 0.15) is 19.3 Å². The topological polar surface area (TPSA) is 101 Å². The highest BCUT2D eigenvalue weighted by molar-refractivity contribution is 7.89. The van der Waals surface area contributed by atoms with Crippen molar-refractivity contribution in [1.29, 1.82) is 0 Å². The predicted molar refractivity (Wildman–Crippen MR) is 61.2 cm³/mol. The van der Waals surface area contributed by atoms with E-state index >= 15 is 0 Å². The summed E-state index contributed by atoms with van der Waals surface area (Å²) >= 11 is 0. The number of rotatable bonds is 7. The van der Waals surface area contributed by atoms with Crippen LogP contribution in [-0.4, -0.2) is 39.7 Å².